The fourth-order valence-corrected chi connectivity index (χ4v) is 2.07. The van der Waals surface area contributed by atoms with Crippen molar-refractivity contribution in [2.75, 3.05) is 5.73 Å². The van der Waals surface area contributed by atoms with Crippen molar-refractivity contribution in [2.45, 2.75) is 58.8 Å². The molecular weight excluding hydrogens is 238 g/mol. The number of phenols is 1. The average molecular weight is 263 g/mol. The van der Waals surface area contributed by atoms with Crippen molar-refractivity contribution in [2.24, 2.45) is 0 Å². The Balaban J connectivity index is 2.83. The Hall–Kier alpha value is -1.51. The molecule has 3 nitrogen and oxygen atoms in total. The molecule has 1 rings (SSSR count). The summed E-state index contributed by atoms with van der Waals surface area (Å²) in [6.45, 7) is 6.23. The van der Waals surface area contributed by atoms with Crippen LogP contribution in [0.15, 0.2) is 12.1 Å². The highest BCUT2D eigenvalue weighted by Crippen LogP contribution is 2.31. The predicted octanol–water partition coefficient (Wildman–Crippen LogP) is 4.25. The quantitative estimate of drug-likeness (QED) is 0.334. The van der Waals surface area contributed by atoms with Gasteiger partial charge in [0, 0.05) is 6.42 Å². The Kier molecular flexibility index (Phi) is 5.87. The highest BCUT2D eigenvalue weighted by atomic mass is 16.3. The normalized spacial score (nSPS) is 10.9. The minimum atomic E-state index is -0.0649. The van der Waals surface area contributed by atoms with Crippen LogP contribution in [0.3, 0.4) is 0 Å². The molecule has 0 unspecified atom stereocenters. The van der Waals surface area contributed by atoms with Gasteiger partial charge in [0.15, 0.2) is 5.78 Å². The Labute approximate surface area is 115 Å². The van der Waals surface area contributed by atoms with Crippen LogP contribution < -0.4 is 5.73 Å². The van der Waals surface area contributed by atoms with E-state index in [0.29, 0.717) is 17.7 Å². The fourth-order valence-electron chi connectivity index (χ4n) is 2.07. The third-order valence-corrected chi connectivity index (χ3v) is 3.39. The first-order valence-corrected chi connectivity index (χ1v) is 7.13. The second-order valence-electron chi connectivity index (χ2n) is 5.39. The topological polar surface area (TPSA) is 63.3 Å². The van der Waals surface area contributed by atoms with Crippen molar-refractivity contribution in [3.05, 3.63) is 23.3 Å². The van der Waals surface area contributed by atoms with Crippen LogP contribution in [0.1, 0.15) is 74.7 Å². The average Bonchev–Trinajstić information content (AvgIpc) is 2.37. The number of hydrogen-bond donors (Lipinski definition) is 2. The first kappa shape index (κ1) is 15.5. The van der Waals surface area contributed by atoms with E-state index in [1.165, 1.54) is 0 Å². The van der Waals surface area contributed by atoms with Crippen LogP contribution in [0.25, 0.3) is 0 Å². The number of ketones is 1. The third kappa shape index (κ3) is 4.27. The summed E-state index contributed by atoms with van der Waals surface area (Å²) in [5.74, 6) is 0.210. The monoisotopic (exact) mass is 263 g/mol. The van der Waals surface area contributed by atoms with Gasteiger partial charge in [0.2, 0.25) is 0 Å². The lowest BCUT2D eigenvalue weighted by Crippen LogP contribution is -2.04. The molecule has 0 saturated heterocycles. The van der Waals surface area contributed by atoms with E-state index in [-0.39, 0.29) is 17.5 Å². The summed E-state index contributed by atoms with van der Waals surface area (Å²) in [5.41, 5.74) is 7.43. The van der Waals surface area contributed by atoms with Crippen molar-refractivity contribution >= 4 is 11.5 Å². The summed E-state index contributed by atoms with van der Waals surface area (Å²) in [6.07, 6.45) is 4.71. The molecule has 1 aromatic rings. The molecule has 0 aliphatic rings. The number of nitrogens with two attached hydrogens (primary N) is 1. The summed E-state index contributed by atoms with van der Waals surface area (Å²) in [5, 5.41) is 9.93. The lowest BCUT2D eigenvalue weighted by molar-refractivity contribution is 0.0976. The third-order valence-electron chi connectivity index (χ3n) is 3.39. The van der Waals surface area contributed by atoms with E-state index in [2.05, 4.69) is 6.92 Å². The molecule has 3 heteroatoms. The number of Topliss-reactive ketones (excluding diaryl/α,β-unsaturated/α-hetero) is 1. The number of benzene rings is 1. The highest BCUT2D eigenvalue weighted by Gasteiger charge is 2.15. The molecule has 0 amide bonds. The molecule has 0 spiro atoms. The van der Waals surface area contributed by atoms with Crippen LogP contribution in [0.4, 0.5) is 5.69 Å². The zero-order valence-electron chi connectivity index (χ0n) is 12.2. The van der Waals surface area contributed by atoms with Gasteiger partial charge in [-0.15, -0.1) is 0 Å². The van der Waals surface area contributed by atoms with Gasteiger partial charge in [0.1, 0.15) is 5.75 Å². The standard InChI is InChI=1S/C16H25NO2/c1-4-5-6-7-8-15(18)13-9-12(11(2)3)10-14(17)16(13)19/h9-11,19H,4-8,17H2,1-3H3. The highest BCUT2D eigenvalue weighted by molar-refractivity contribution is 6.00. The number of aromatic hydroxyl groups is 1. The zero-order chi connectivity index (χ0) is 14.4. The van der Waals surface area contributed by atoms with Crippen LogP contribution in [0, 0.1) is 0 Å². The van der Waals surface area contributed by atoms with E-state index < -0.39 is 0 Å². The molecule has 0 aliphatic heterocycles. The molecule has 0 heterocycles. The summed E-state index contributed by atoms with van der Waals surface area (Å²) in [7, 11) is 0. The molecule has 0 atom stereocenters. The second kappa shape index (κ2) is 7.17. The molecular formula is C16H25NO2. The number of anilines is 1. The molecule has 0 radical (unpaired) electrons. The van der Waals surface area contributed by atoms with Crippen molar-refractivity contribution in [3.8, 4) is 5.75 Å². The minimum Gasteiger partial charge on any atom is -0.505 e. The van der Waals surface area contributed by atoms with E-state index in [1.807, 2.05) is 13.8 Å². The zero-order valence-corrected chi connectivity index (χ0v) is 12.2. The number of hydrogen-bond acceptors (Lipinski definition) is 3. The lowest BCUT2D eigenvalue weighted by atomic mass is 9.95. The van der Waals surface area contributed by atoms with Gasteiger partial charge in [-0.3, -0.25) is 4.79 Å². The van der Waals surface area contributed by atoms with Crippen molar-refractivity contribution in [1.29, 1.82) is 0 Å². The molecule has 0 fully saturated rings. The maximum Gasteiger partial charge on any atom is 0.166 e. The van der Waals surface area contributed by atoms with Gasteiger partial charge in [-0.1, -0.05) is 40.0 Å². The number of rotatable bonds is 7. The Morgan fingerprint density at radius 1 is 1.26 bits per heavy atom. The molecule has 3 N–H and O–H groups in total. The van der Waals surface area contributed by atoms with Crippen LogP contribution in [0.2, 0.25) is 0 Å². The number of nitrogen functional groups attached to an aromatic ring is 1. The van der Waals surface area contributed by atoms with E-state index >= 15 is 0 Å². The largest absolute Gasteiger partial charge is 0.505 e. The van der Waals surface area contributed by atoms with E-state index in [9.17, 15) is 9.90 Å². The Bertz CT molecular complexity index is 439. The van der Waals surface area contributed by atoms with E-state index in [0.717, 1.165) is 31.2 Å². The van der Waals surface area contributed by atoms with Crippen LogP contribution in [0.5, 0.6) is 5.75 Å². The first-order chi connectivity index (χ1) is 8.97. The van der Waals surface area contributed by atoms with Gasteiger partial charge in [0.25, 0.3) is 0 Å². The molecule has 0 aliphatic carbocycles. The van der Waals surface area contributed by atoms with Gasteiger partial charge in [-0.2, -0.15) is 0 Å². The van der Waals surface area contributed by atoms with Crippen molar-refractivity contribution < 1.29 is 9.90 Å². The summed E-state index contributed by atoms with van der Waals surface area (Å²) < 4.78 is 0. The Morgan fingerprint density at radius 2 is 1.95 bits per heavy atom. The SMILES string of the molecule is CCCCCCC(=O)c1cc(C(C)C)cc(N)c1O. The van der Waals surface area contributed by atoms with Crippen LogP contribution in [-0.4, -0.2) is 10.9 Å². The van der Waals surface area contributed by atoms with E-state index in [4.69, 9.17) is 5.73 Å². The van der Waals surface area contributed by atoms with Crippen molar-refractivity contribution in [3.63, 3.8) is 0 Å². The van der Waals surface area contributed by atoms with Crippen LogP contribution in [-0.2, 0) is 0 Å². The van der Waals surface area contributed by atoms with Gasteiger partial charge in [0.05, 0.1) is 11.3 Å². The number of carbonyl (C=O) groups excluding carboxylic acids is 1. The molecule has 0 aromatic heterocycles. The van der Waals surface area contributed by atoms with Gasteiger partial charge >= 0.3 is 0 Å². The molecule has 19 heavy (non-hydrogen) atoms. The van der Waals surface area contributed by atoms with E-state index in [1.54, 1.807) is 12.1 Å². The minimum absolute atomic E-state index is 0.0113. The van der Waals surface area contributed by atoms with Gasteiger partial charge in [-0.25, -0.2) is 0 Å². The summed E-state index contributed by atoms with van der Waals surface area (Å²) in [6, 6.07) is 3.52. The lowest BCUT2D eigenvalue weighted by Gasteiger charge is -2.12. The second-order valence-corrected chi connectivity index (χ2v) is 5.39. The predicted molar refractivity (Wildman–Crippen MR) is 79.7 cm³/mol. The number of unbranched alkanes of at least 4 members (excludes halogenated alkanes) is 3. The molecule has 1 aromatic carbocycles. The summed E-state index contributed by atoms with van der Waals surface area (Å²) >= 11 is 0. The maximum atomic E-state index is 12.1. The Morgan fingerprint density at radius 3 is 2.53 bits per heavy atom. The van der Waals surface area contributed by atoms with Gasteiger partial charge in [-0.05, 0) is 30.0 Å². The fraction of sp³-hybridized carbons (Fsp3) is 0.562. The maximum absolute atomic E-state index is 12.1. The first-order valence-electron chi connectivity index (χ1n) is 7.13. The molecule has 106 valence electrons. The van der Waals surface area contributed by atoms with Gasteiger partial charge < -0.3 is 10.8 Å². The summed E-state index contributed by atoms with van der Waals surface area (Å²) in [4.78, 5) is 12.1. The molecule has 0 bridgehead atoms. The number of carbonyl (C=O) groups is 1. The van der Waals surface area contributed by atoms with Crippen LogP contribution >= 0.6 is 0 Å². The van der Waals surface area contributed by atoms with Crippen molar-refractivity contribution in [1.82, 2.24) is 0 Å². The number of phenolic OH excluding ortho intramolecular Hbond substituents is 1. The molecule has 0 saturated carbocycles. The smallest absolute Gasteiger partial charge is 0.166 e.